The highest BCUT2D eigenvalue weighted by molar-refractivity contribution is 9.10. The molecule has 116 valence electrons. The van der Waals surface area contributed by atoms with Crippen LogP contribution in [0.25, 0.3) is 0 Å². The van der Waals surface area contributed by atoms with Gasteiger partial charge in [0.2, 0.25) is 0 Å². The van der Waals surface area contributed by atoms with Crippen LogP contribution in [-0.4, -0.2) is 21.3 Å². The Hall–Kier alpha value is -2.06. The zero-order valence-electron chi connectivity index (χ0n) is 11.0. The van der Waals surface area contributed by atoms with E-state index < -0.39 is 29.9 Å². The summed E-state index contributed by atoms with van der Waals surface area (Å²) in [4.78, 5) is 14.8. The highest BCUT2D eigenvalue weighted by Crippen LogP contribution is 2.31. The molecule has 8 heteroatoms. The summed E-state index contributed by atoms with van der Waals surface area (Å²) < 4.78 is 27.8. The predicted molar refractivity (Wildman–Crippen MR) is 77.2 cm³/mol. The zero-order chi connectivity index (χ0) is 16.3. The number of pyridine rings is 1. The molecule has 0 aliphatic heterocycles. The summed E-state index contributed by atoms with van der Waals surface area (Å²) >= 11 is 3.17. The van der Waals surface area contributed by atoms with Gasteiger partial charge in [0.1, 0.15) is 17.7 Å². The number of carbonyl (C=O) groups is 1. The second-order valence-corrected chi connectivity index (χ2v) is 5.39. The third-order valence-electron chi connectivity index (χ3n) is 2.96. The smallest absolute Gasteiger partial charge is 0.405 e. The molecule has 0 aliphatic rings. The van der Waals surface area contributed by atoms with Crippen molar-refractivity contribution in [1.82, 2.24) is 10.3 Å². The lowest BCUT2D eigenvalue weighted by Gasteiger charge is -2.24. The minimum absolute atomic E-state index is 0.247. The molecule has 22 heavy (non-hydrogen) atoms. The van der Waals surface area contributed by atoms with Crippen molar-refractivity contribution < 1.29 is 23.8 Å². The number of aliphatic hydroxyl groups is 1. The summed E-state index contributed by atoms with van der Waals surface area (Å²) in [6, 6.07) is 2.73. The Morgan fingerprint density at radius 1 is 1.27 bits per heavy atom. The van der Waals surface area contributed by atoms with Gasteiger partial charge in [-0.05, 0) is 40.2 Å². The fraction of sp³-hybridized carbons (Fsp3) is 0.143. The lowest BCUT2D eigenvalue weighted by Crippen LogP contribution is -2.32. The molecule has 0 saturated heterocycles. The number of halogens is 3. The molecule has 0 radical (unpaired) electrons. The Morgan fingerprint density at radius 3 is 2.64 bits per heavy atom. The first-order valence-electron chi connectivity index (χ1n) is 6.11. The normalized spacial score (nSPS) is 13.5. The van der Waals surface area contributed by atoms with Crippen molar-refractivity contribution in [1.29, 1.82) is 0 Å². The fourth-order valence-electron chi connectivity index (χ4n) is 2.00. The maximum absolute atomic E-state index is 13.9. The summed E-state index contributed by atoms with van der Waals surface area (Å²) in [6.07, 6.45) is -0.144. The van der Waals surface area contributed by atoms with Gasteiger partial charge in [0.05, 0.1) is 6.04 Å². The lowest BCUT2D eigenvalue weighted by atomic mass is 9.96. The van der Waals surface area contributed by atoms with Gasteiger partial charge in [-0.2, -0.15) is 0 Å². The molecule has 0 spiro atoms. The molecule has 0 bridgehead atoms. The average Bonchev–Trinajstić information content (AvgIpc) is 2.46. The topological polar surface area (TPSA) is 82.5 Å². The van der Waals surface area contributed by atoms with Gasteiger partial charge < -0.3 is 15.5 Å². The molecule has 0 unspecified atom stereocenters. The van der Waals surface area contributed by atoms with E-state index in [0.717, 1.165) is 18.2 Å². The van der Waals surface area contributed by atoms with Crippen LogP contribution in [0, 0.1) is 11.6 Å². The minimum atomic E-state index is -1.48. The molecule has 1 amide bonds. The first-order chi connectivity index (χ1) is 10.4. The van der Waals surface area contributed by atoms with Gasteiger partial charge >= 0.3 is 6.09 Å². The molecule has 3 N–H and O–H groups in total. The van der Waals surface area contributed by atoms with Gasteiger partial charge in [0, 0.05) is 28.0 Å². The molecule has 1 heterocycles. The van der Waals surface area contributed by atoms with Crippen LogP contribution in [-0.2, 0) is 0 Å². The predicted octanol–water partition coefficient (Wildman–Crippen LogP) is 3.16. The first-order valence-corrected chi connectivity index (χ1v) is 6.90. The van der Waals surface area contributed by atoms with E-state index in [0.29, 0.717) is 4.47 Å². The lowest BCUT2D eigenvalue weighted by molar-refractivity contribution is 0.118. The van der Waals surface area contributed by atoms with E-state index >= 15 is 0 Å². The fourth-order valence-corrected chi connectivity index (χ4v) is 2.38. The number of carboxylic acid groups (broad SMARTS) is 1. The summed E-state index contributed by atoms with van der Waals surface area (Å²) in [5.41, 5.74) is -0.0494. The SMILES string of the molecule is O=C(O)N[C@H](c1cc(F)ccc1F)[C@@H](O)c1cncc(Br)c1. The third-order valence-corrected chi connectivity index (χ3v) is 3.39. The van der Waals surface area contributed by atoms with Crippen LogP contribution >= 0.6 is 15.9 Å². The molecule has 1 aromatic carbocycles. The molecule has 2 rings (SSSR count). The molecular weight excluding hydrogens is 362 g/mol. The Bertz CT molecular complexity index is 700. The van der Waals surface area contributed by atoms with Gasteiger partial charge in [-0.1, -0.05) is 0 Å². The van der Waals surface area contributed by atoms with Crippen LogP contribution in [0.3, 0.4) is 0 Å². The number of aliphatic hydroxyl groups excluding tert-OH is 1. The average molecular weight is 373 g/mol. The third kappa shape index (κ3) is 3.77. The van der Waals surface area contributed by atoms with E-state index in [1.54, 1.807) is 0 Å². The van der Waals surface area contributed by atoms with Crippen LogP contribution in [0.5, 0.6) is 0 Å². The first kappa shape index (κ1) is 16.3. The molecule has 0 saturated carbocycles. The van der Waals surface area contributed by atoms with E-state index in [1.165, 1.54) is 18.5 Å². The van der Waals surface area contributed by atoms with Gasteiger partial charge in [-0.25, -0.2) is 13.6 Å². The standard InChI is InChI=1S/C14H11BrF2N2O3/c15-8-3-7(5-18-6-8)13(20)12(19-14(21)22)10-4-9(16)1-2-11(10)17/h1-6,12-13,19-20H,(H,21,22)/t12-,13+/m1/s1. The van der Waals surface area contributed by atoms with Crippen molar-refractivity contribution in [3.05, 3.63) is 63.9 Å². The molecule has 0 fully saturated rings. The summed E-state index contributed by atoms with van der Waals surface area (Å²) in [7, 11) is 0. The van der Waals surface area contributed by atoms with Crippen molar-refractivity contribution in [2.45, 2.75) is 12.1 Å². The van der Waals surface area contributed by atoms with Gasteiger partial charge in [-0.3, -0.25) is 4.98 Å². The second kappa shape index (κ2) is 6.80. The Kier molecular flexibility index (Phi) is 5.04. The van der Waals surface area contributed by atoms with Crippen LogP contribution < -0.4 is 5.32 Å². The number of hydrogen-bond acceptors (Lipinski definition) is 3. The molecule has 2 atom stereocenters. The summed E-state index contributed by atoms with van der Waals surface area (Å²) in [6.45, 7) is 0. The summed E-state index contributed by atoms with van der Waals surface area (Å²) in [5, 5.41) is 21.2. The van der Waals surface area contributed by atoms with Crippen molar-refractivity contribution >= 4 is 22.0 Å². The van der Waals surface area contributed by atoms with E-state index in [1.807, 2.05) is 5.32 Å². The number of nitrogens with zero attached hydrogens (tertiary/aromatic N) is 1. The van der Waals surface area contributed by atoms with E-state index in [4.69, 9.17) is 5.11 Å². The molecule has 2 aromatic rings. The number of aromatic nitrogens is 1. The van der Waals surface area contributed by atoms with E-state index in [9.17, 15) is 18.7 Å². The van der Waals surface area contributed by atoms with Crippen LogP contribution in [0.2, 0.25) is 0 Å². The number of hydrogen-bond donors (Lipinski definition) is 3. The largest absolute Gasteiger partial charge is 0.465 e. The Labute approximate surface area is 132 Å². The second-order valence-electron chi connectivity index (χ2n) is 4.47. The highest BCUT2D eigenvalue weighted by Gasteiger charge is 2.28. The minimum Gasteiger partial charge on any atom is -0.465 e. The van der Waals surface area contributed by atoms with Crippen molar-refractivity contribution in [2.75, 3.05) is 0 Å². The van der Waals surface area contributed by atoms with Gasteiger partial charge in [0.25, 0.3) is 0 Å². The molecule has 1 aromatic heterocycles. The van der Waals surface area contributed by atoms with E-state index in [-0.39, 0.29) is 11.1 Å². The number of amides is 1. The summed E-state index contributed by atoms with van der Waals surface area (Å²) in [5.74, 6) is -1.57. The molecule has 0 aliphatic carbocycles. The van der Waals surface area contributed by atoms with Crippen LogP contribution in [0.4, 0.5) is 13.6 Å². The highest BCUT2D eigenvalue weighted by atomic mass is 79.9. The van der Waals surface area contributed by atoms with Gasteiger partial charge in [-0.15, -0.1) is 0 Å². The van der Waals surface area contributed by atoms with E-state index in [2.05, 4.69) is 20.9 Å². The number of nitrogens with one attached hydrogen (secondary N) is 1. The molecule has 5 nitrogen and oxygen atoms in total. The molecular formula is C14H11BrF2N2O3. The Balaban J connectivity index is 2.45. The zero-order valence-corrected chi connectivity index (χ0v) is 12.6. The van der Waals surface area contributed by atoms with Crippen molar-refractivity contribution in [2.24, 2.45) is 0 Å². The van der Waals surface area contributed by atoms with Crippen molar-refractivity contribution in [3.63, 3.8) is 0 Å². The maximum Gasteiger partial charge on any atom is 0.405 e. The number of rotatable bonds is 4. The number of benzene rings is 1. The van der Waals surface area contributed by atoms with Crippen molar-refractivity contribution in [3.8, 4) is 0 Å². The Morgan fingerprint density at radius 2 is 2.00 bits per heavy atom. The monoisotopic (exact) mass is 372 g/mol. The van der Waals surface area contributed by atoms with Crippen LogP contribution in [0.1, 0.15) is 23.3 Å². The van der Waals surface area contributed by atoms with Gasteiger partial charge in [0.15, 0.2) is 0 Å². The quantitative estimate of drug-likeness (QED) is 0.769. The van der Waals surface area contributed by atoms with Crippen LogP contribution in [0.15, 0.2) is 41.1 Å². The maximum atomic E-state index is 13.9.